The fourth-order valence-electron chi connectivity index (χ4n) is 2.82. The van der Waals surface area contributed by atoms with Gasteiger partial charge < -0.3 is 10.6 Å². The van der Waals surface area contributed by atoms with Crippen LogP contribution in [0.4, 0.5) is 0 Å². The molecule has 1 fully saturated rings. The van der Waals surface area contributed by atoms with E-state index in [0.29, 0.717) is 11.5 Å². The number of piperidine rings is 1. The van der Waals surface area contributed by atoms with E-state index in [9.17, 15) is 4.79 Å². The topological polar surface area (TPSA) is 71.8 Å². The molecule has 2 N–H and O–H groups in total. The molecule has 1 amide bonds. The van der Waals surface area contributed by atoms with Crippen molar-refractivity contribution >= 4 is 41.8 Å². The fraction of sp³-hybridized carbons (Fsp3) is 0.562. The highest BCUT2D eigenvalue weighted by Crippen LogP contribution is 2.15. The van der Waals surface area contributed by atoms with E-state index in [1.165, 1.54) is 0 Å². The third-order valence-electron chi connectivity index (χ3n) is 3.91. The molecule has 0 bridgehead atoms. The predicted molar refractivity (Wildman–Crippen MR) is 100 cm³/mol. The molecule has 134 valence electrons. The van der Waals surface area contributed by atoms with Crippen molar-refractivity contribution in [1.29, 1.82) is 0 Å². The average molecular weight is 374 g/mol. The standard InChI is InChI=1S/C16H23N5O.2ClH/c1-11(2)10-21-15-12(8-19-21)6-13(7-18-15)16(22)20-14-4-3-5-17-9-14;;/h6-8,11,14,17H,3-5,9-10H2,1-2H3,(H,20,22);2*1H/t14-;;/m0../s1. The summed E-state index contributed by atoms with van der Waals surface area (Å²) in [7, 11) is 0. The molecule has 1 atom stereocenters. The highest BCUT2D eigenvalue weighted by molar-refractivity contribution is 5.97. The van der Waals surface area contributed by atoms with Crippen LogP contribution in [-0.2, 0) is 6.54 Å². The van der Waals surface area contributed by atoms with Gasteiger partial charge in [-0.3, -0.25) is 4.79 Å². The number of nitrogens with one attached hydrogen (secondary N) is 2. The van der Waals surface area contributed by atoms with E-state index >= 15 is 0 Å². The molecule has 6 nitrogen and oxygen atoms in total. The summed E-state index contributed by atoms with van der Waals surface area (Å²) in [6.07, 6.45) is 5.56. The zero-order valence-electron chi connectivity index (χ0n) is 14.0. The SMILES string of the molecule is CC(C)Cn1ncc2cc(C(=O)N[C@H]3CCCNC3)cnc21.Cl.Cl. The maximum absolute atomic E-state index is 12.3. The minimum Gasteiger partial charge on any atom is -0.348 e. The van der Waals surface area contributed by atoms with Gasteiger partial charge in [0.15, 0.2) is 5.65 Å². The van der Waals surface area contributed by atoms with Crippen LogP contribution in [0.2, 0.25) is 0 Å². The Hall–Kier alpha value is -1.37. The summed E-state index contributed by atoms with van der Waals surface area (Å²) in [5.41, 5.74) is 1.44. The van der Waals surface area contributed by atoms with Crippen LogP contribution in [0.1, 0.15) is 37.0 Å². The summed E-state index contributed by atoms with van der Waals surface area (Å²) in [6, 6.07) is 2.08. The molecule has 1 saturated heterocycles. The number of aromatic nitrogens is 3. The van der Waals surface area contributed by atoms with E-state index in [2.05, 4.69) is 34.6 Å². The summed E-state index contributed by atoms with van der Waals surface area (Å²) in [6.45, 7) is 7.00. The first kappa shape index (κ1) is 20.7. The normalized spacial score (nSPS) is 17.2. The van der Waals surface area contributed by atoms with E-state index in [1.54, 1.807) is 12.4 Å². The first-order valence-corrected chi connectivity index (χ1v) is 7.96. The van der Waals surface area contributed by atoms with Crippen LogP contribution in [0.3, 0.4) is 0 Å². The van der Waals surface area contributed by atoms with Gasteiger partial charge in [-0.25, -0.2) is 9.67 Å². The maximum Gasteiger partial charge on any atom is 0.253 e. The van der Waals surface area contributed by atoms with Crippen LogP contribution >= 0.6 is 24.8 Å². The third-order valence-corrected chi connectivity index (χ3v) is 3.91. The number of rotatable bonds is 4. The lowest BCUT2D eigenvalue weighted by atomic mass is 10.1. The van der Waals surface area contributed by atoms with Crippen LogP contribution in [0, 0.1) is 5.92 Å². The van der Waals surface area contributed by atoms with Gasteiger partial charge in [0.05, 0.1) is 11.8 Å². The van der Waals surface area contributed by atoms with E-state index in [-0.39, 0.29) is 36.8 Å². The fourth-order valence-corrected chi connectivity index (χ4v) is 2.82. The Morgan fingerprint density at radius 3 is 2.88 bits per heavy atom. The summed E-state index contributed by atoms with van der Waals surface area (Å²) in [5, 5.41) is 11.6. The second kappa shape index (κ2) is 9.20. The lowest BCUT2D eigenvalue weighted by molar-refractivity contribution is 0.0930. The summed E-state index contributed by atoms with van der Waals surface area (Å²) in [5.74, 6) is 0.450. The van der Waals surface area contributed by atoms with Crippen molar-refractivity contribution in [2.45, 2.75) is 39.3 Å². The van der Waals surface area contributed by atoms with Crippen LogP contribution in [-0.4, -0.2) is 39.8 Å². The quantitative estimate of drug-likeness (QED) is 0.862. The molecular weight excluding hydrogens is 349 g/mol. The number of fused-ring (bicyclic) bond motifs is 1. The smallest absolute Gasteiger partial charge is 0.253 e. The molecular formula is C16H25Cl2N5O. The van der Waals surface area contributed by atoms with Gasteiger partial charge in [-0.2, -0.15) is 5.10 Å². The van der Waals surface area contributed by atoms with Crippen molar-refractivity contribution in [2.24, 2.45) is 5.92 Å². The first-order valence-electron chi connectivity index (χ1n) is 7.96. The number of nitrogens with zero attached hydrogens (tertiary/aromatic N) is 3. The number of amides is 1. The van der Waals surface area contributed by atoms with E-state index in [0.717, 1.165) is 43.5 Å². The predicted octanol–water partition coefficient (Wildman–Crippen LogP) is 2.41. The maximum atomic E-state index is 12.3. The second-order valence-corrected chi connectivity index (χ2v) is 6.37. The lowest BCUT2D eigenvalue weighted by Crippen LogP contribution is -2.45. The van der Waals surface area contributed by atoms with E-state index in [4.69, 9.17) is 0 Å². The van der Waals surface area contributed by atoms with Crippen LogP contribution in [0.25, 0.3) is 11.0 Å². The van der Waals surface area contributed by atoms with Gasteiger partial charge >= 0.3 is 0 Å². The van der Waals surface area contributed by atoms with Crippen molar-refractivity contribution in [3.05, 3.63) is 24.0 Å². The Morgan fingerprint density at radius 1 is 1.42 bits per heavy atom. The molecule has 1 aliphatic heterocycles. The van der Waals surface area contributed by atoms with Crippen molar-refractivity contribution in [3.8, 4) is 0 Å². The minimum absolute atomic E-state index is 0. The number of carbonyl (C=O) groups is 1. The molecule has 0 radical (unpaired) electrons. The number of halogens is 2. The molecule has 0 unspecified atom stereocenters. The van der Waals surface area contributed by atoms with Crippen molar-refractivity contribution < 1.29 is 4.79 Å². The molecule has 2 aromatic rings. The van der Waals surface area contributed by atoms with Gasteiger partial charge in [0.2, 0.25) is 0 Å². The monoisotopic (exact) mass is 373 g/mol. The van der Waals surface area contributed by atoms with Crippen LogP contribution in [0.15, 0.2) is 18.5 Å². The molecule has 0 aliphatic carbocycles. The highest BCUT2D eigenvalue weighted by atomic mass is 35.5. The Labute approximate surface area is 154 Å². The van der Waals surface area contributed by atoms with Gasteiger partial charge in [-0.15, -0.1) is 24.8 Å². The number of pyridine rings is 1. The Morgan fingerprint density at radius 2 is 2.21 bits per heavy atom. The molecule has 0 spiro atoms. The van der Waals surface area contributed by atoms with Gasteiger partial charge in [0.1, 0.15) is 0 Å². The van der Waals surface area contributed by atoms with Crippen LogP contribution < -0.4 is 10.6 Å². The zero-order valence-corrected chi connectivity index (χ0v) is 15.6. The molecule has 8 heteroatoms. The van der Waals surface area contributed by atoms with Crippen LogP contribution in [0.5, 0.6) is 0 Å². The Bertz CT molecular complexity index is 668. The van der Waals surface area contributed by atoms with Crippen molar-refractivity contribution in [3.63, 3.8) is 0 Å². The largest absolute Gasteiger partial charge is 0.348 e. The second-order valence-electron chi connectivity index (χ2n) is 6.37. The number of carbonyl (C=O) groups excluding carboxylic acids is 1. The summed E-state index contributed by atoms with van der Waals surface area (Å²) in [4.78, 5) is 16.8. The summed E-state index contributed by atoms with van der Waals surface area (Å²) < 4.78 is 1.90. The molecule has 24 heavy (non-hydrogen) atoms. The highest BCUT2D eigenvalue weighted by Gasteiger charge is 2.17. The number of hydrogen-bond donors (Lipinski definition) is 2. The molecule has 3 rings (SSSR count). The van der Waals surface area contributed by atoms with Crippen molar-refractivity contribution in [1.82, 2.24) is 25.4 Å². The van der Waals surface area contributed by atoms with E-state index in [1.807, 2.05) is 10.7 Å². The van der Waals surface area contributed by atoms with Crippen molar-refractivity contribution in [2.75, 3.05) is 13.1 Å². The lowest BCUT2D eigenvalue weighted by Gasteiger charge is -2.23. The van der Waals surface area contributed by atoms with Gasteiger partial charge in [-0.1, -0.05) is 13.8 Å². The number of hydrogen-bond acceptors (Lipinski definition) is 4. The Balaban J connectivity index is 0.00000144. The average Bonchev–Trinajstić information content (AvgIpc) is 2.90. The molecule has 0 saturated carbocycles. The zero-order chi connectivity index (χ0) is 15.5. The van der Waals surface area contributed by atoms with Gasteiger partial charge in [0, 0.05) is 30.7 Å². The third kappa shape index (κ3) is 4.82. The molecule has 0 aromatic carbocycles. The minimum atomic E-state index is -0.0558. The molecule has 1 aliphatic rings. The molecule has 3 heterocycles. The Kier molecular flexibility index (Phi) is 7.93. The summed E-state index contributed by atoms with van der Waals surface area (Å²) >= 11 is 0. The first-order chi connectivity index (χ1) is 10.6. The molecule has 2 aromatic heterocycles. The van der Waals surface area contributed by atoms with E-state index < -0.39 is 0 Å². The van der Waals surface area contributed by atoms with Gasteiger partial charge in [0.25, 0.3) is 5.91 Å². The van der Waals surface area contributed by atoms with Gasteiger partial charge in [-0.05, 0) is 31.4 Å².